The molecule has 2 aromatic carbocycles. The van der Waals surface area contributed by atoms with Crippen molar-refractivity contribution >= 4 is 38.9 Å². The van der Waals surface area contributed by atoms with E-state index >= 15 is 0 Å². The number of hydrogen-bond acceptors (Lipinski definition) is 2. The van der Waals surface area contributed by atoms with E-state index in [1.165, 1.54) is 23.5 Å². The lowest BCUT2D eigenvalue weighted by Gasteiger charge is -2.19. The van der Waals surface area contributed by atoms with E-state index in [1.807, 2.05) is 6.07 Å². The number of alkyl halides is 1. The highest BCUT2D eigenvalue weighted by atomic mass is 35.5. The molecule has 0 aliphatic heterocycles. The van der Waals surface area contributed by atoms with Gasteiger partial charge in [0.25, 0.3) is 10.0 Å². The van der Waals surface area contributed by atoms with E-state index in [9.17, 15) is 8.42 Å². The second-order valence-corrected chi connectivity index (χ2v) is 6.84. The molecule has 106 valence electrons. The van der Waals surface area contributed by atoms with Crippen LogP contribution < -0.4 is 4.31 Å². The van der Waals surface area contributed by atoms with Crippen molar-refractivity contribution in [1.29, 1.82) is 0 Å². The molecule has 2 aromatic rings. The summed E-state index contributed by atoms with van der Waals surface area (Å²) in [5, 5.41) is 0.350. The largest absolute Gasteiger partial charge is 0.269 e. The first-order valence-corrected chi connectivity index (χ1v) is 8.20. The van der Waals surface area contributed by atoms with Crippen LogP contribution in [0.25, 0.3) is 0 Å². The summed E-state index contributed by atoms with van der Waals surface area (Å²) in [5.41, 5.74) is 1.29. The Labute approximate surface area is 128 Å². The van der Waals surface area contributed by atoms with Gasteiger partial charge in [-0.05, 0) is 29.8 Å². The van der Waals surface area contributed by atoms with Crippen LogP contribution in [-0.2, 0) is 15.9 Å². The fourth-order valence-electron chi connectivity index (χ4n) is 1.73. The molecular formula is C14H13Cl2NO2S. The average Bonchev–Trinajstić information content (AvgIpc) is 2.47. The van der Waals surface area contributed by atoms with Crippen LogP contribution in [-0.4, -0.2) is 15.5 Å². The van der Waals surface area contributed by atoms with E-state index in [0.29, 0.717) is 16.3 Å². The molecule has 0 unspecified atom stereocenters. The number of halogens is 2. The molecular weight excluding hydrogens is 317 g/mol. The van der Waals surface area contributed by atoms with Crippen LogP contribution in [0, 0.1) is 0 Å². The highest BCUT2D eigenvalue weighted by Crippen LogP contribution is 2.26. The van der Waals surface area contributed by atoms with Crippen molar-refractivity contribution in [2.45, 2.75) is 10.8 Å². The van der Waals surface area contributed by atoms with E-state index in [2.05, 4.69) is 0 Å². The Hall–Kier alpha value is -1.23. The number of benzene rings is 2. The lowest BCUT2D eigenvalue weighted by molar-refractivity contribution is 0.594. The molecule has 3 nitrogen and oxygen atoms in total. The van der Waals surface area contributed by atoms with E-state index < -0.39 is 10.0 Å². The van der Waals surface area contributed by atoms with Gasteiger partial charge in [-0.2, -0.15) is 0 Å². The molecule has 20 heavy (non-hydrogen) atoms. The molecule has 0 spiro atoms. The van der Waals surface area contributed by atoms with Crippen LogP contribution >= 0.6 is 23.2 Å². The van der Waals surface area contributed by atoms with Gasteiger partial charge in [-0.25, -0.2) is 8.42 Å². The van der Waals surface area contributed by atoms with Gasteiger partial charge in [0.1, 0.15) is 0 Å². The Morgan fingerprint density at radius 3 is 2.30 bits per heavy atom. The summed E-state index contributed by atoms with van der Waals surface area (Å²) in [6.45, 7) is 0. The van der Waals surface area contributed by atoms with Gasteiger partial charge < -0.3 is 0 Å². The van der Waals surface area contributed by atoms with Gasteiger partial charge in [0, 0.05) is 18.0 Å². The first kappa shape index (κ1) is 15.2. The number of anilines is 1. The second-order valence-electron chi connectivity index (χ2n) is 4.19. The molecule has 6 heteroatoms. The highest BCUT2D eigenvalue weighted by molar-refractivity contribution is 7.92. The van der Waals surface area contributed by atoms with Crippen LogP contribution in [0.5, 0.6) is 0 Å². The summed E-state index contributed by atoms with van der Waals surface area (Å²) in [6.07, 6.45) is 0. The maximum Gasteiger partial charge on any atom is 0.264 e. The molecule has 0 saturated heterocycles. The number of sulfonamides is 1. The SMILES string of the molecule is CN(c1ccccc1)S(=O)(=O)c1ccc(CCl)c(Cl)c1. The first-order chi connectivity index (χ1) is 9.46. The number of hydrogen-bond donors (Lipinski definition) is 0. The molecule has 0 radical (unpaired) electrons. The summed E-state index contributed by atoms with van der Waals surface area (Å²) in [5.74, 6) is 0.244. The molecule has 0 aliphatic rings. The molecule has 0 saturated carbocycles. The third kappa shape index (κ3) is 2.92. The minimum absolute atomic E-state index is 0.141. The van der Waals surface area contributed by atoms with Gasteiger partial charge in [-0.1, -0.05) is 35.9 Å². The fourth-order valence-corrected chi connectivity index (χ4v) is 3.57. The molecule has 0 N–H and O–H groups in total. The number of rotatable bonds is 4. The molecule has 0 fully saturated rings. The Balaban J connectivity index is 2.43. The molecule has 2 rings (SSSR count). The summed E-state index contributed by atoms with van der Waals surface area (Å²) in [7, 11) is -2.13. The van der Waals surface area contributed by atoms with Crippen molar-refractivity contribution in [3.05, 3.63) is 59.1 Å². The van der Waals surface area contributed by atoms with Gasteiger partial charge in [0.15, 0.2) is 0 Å². The predicted octanol–water partition coefficient (Wildman–Crippen LogP) is 3.90. The normalized spacial score (nSPS) is 11.3. The van der Waals surface area contributed by atoms with E-state index in [4.69, 9.17) is 23.2 Å². The predicted molar refractivity (Wildman–Crippen MR) is 83.0 cm³/mol. The summed E-state index contributed by atoms with van der Waals surface area (Å²) in [4.78, 5) is 0.141. The van der Waals surface area contributed by atoms with Gasteiger partial charge in [-0.15, -0.1) is 11.6 Å². The van der Waals surface area contributed by atoms with E-state index in [0.717, 1.165) is 0 Å². The van der Waals surface area contributed by atoms with Crippen LogP contribution in [0.2, 0.25) is 5.02 Å². The lowest BCUT2D eigenvalue weighted by Crippen LogP contribution is -2.26. The van der Waals surface area contributed by atoms with Crippen molar-refractivity contribution in [2.75, 3.05) is 11.4 Å². The minimum atomic E-state index is -3.63. The molecule has 0 heterocycles. The summed E-state index contributed by atoms with van der Waals surface area (Å²) >= 11 is 11.7. The van der Waals surface area contributed by atoms with Crippen molar-refractivity contribution in [3.63, 3.8) is 0 Å². The molecule has 0 atom stereocenters. The van der Waals surface area contributed by atoms with Crippen molar-refractivity contribution in [1.82, 2.24) is 0 Å². The third-order valence-electron chi connectivity index (χ3n) is 2.95. The topological polar surface area (TPSA) is 37.4 Å². The van der Waals surface area contributed by atoms with Gasteiger partial charge in [0.2, 0.25) is 0 Å². The number of para-hydroxylation sites is 1. The monoisotopic (exact) mass is 329 g/mol. The van der Waals surface area contributed by atoms with Crippen molar-refractivity contribution in [3.8, 4) is 0 Å². The van der Waals surface area contributed by atoms with Crippen LogP contribution in [0.4, 0.5) is 5.69 Å². The molecule has 0 amide bonds. The molecule has 0 bridgehead atoms. The van der Waals surface area contributed by atoms with Gasteiger partial charge in [0.05, 0.1) is 10.6 Å². The third-order valence-corrected chi connectivity index (χ3v) is 5.37. The van der Waals surface area contributed by atoms with Crippen LogP contribution in [0.15, 0.2) is 53.4 Å². The zero-order valence-corrected chi connectivity index (χ0v) is 13.1. The maximum absolute atomic E-state index is 12.5. The highest BCUT2D eigenvalue weighted by Gasteiger charge is 2.21. The summed E-state index contributed by atoms with van der Waals surface area (Å²) < 4.78 is 26.3. The Bertz CT molecular complexity index is 702. The average molecular weight is 330 g/mol. The Morgan fingerprint density at radius 2 is 1.75 bits per heavy atom. The summed E-state index contributed by atoms with van der Waals surface area (Å²) in [6, 6.07) is 13.4. The van der Waals surface area contributed by atoms with Gasteiger partial charge in [-0.3, -0.25) is 4.31 Å². The van der Waals surface area contributed by atoms with Crippen molar-refractivity contribution in [2.24, 2.45) is 0 Å². The zero-order valence-electron chi connectivity index (χ0n) is 10.8. The van der Waals surface area contributed by atoms with Crippen LogP contribution in [0.1, 0.15) is 5.56 Å². The lowest BCUT2D eigenvalue weighted by atomic mass is 10.2. The Kier molecular flexibility index (Phi) is 4.58. The first-order valence-electron chi connectivity index (χ1n) is 5.85. The fraction of sp³-hybridized carbons (Fsp3) is 0.143. The Morgan fingerprint density at radius 1 is 1.10 bits per heavy atom. The smallest absolute Gasteiger partial charge is 0.264 e. The van der Waals surface area contributed by atoms with Crippen molar-refractivity contribution < 1.29 is 8.42 Å². The zero-order chi connectivity index (χ0) is 14.8. The maximum atomic E-state index is 12.5. The molecule has 0 aliphatic carbocycles. The minimum Gasteiger partial charge on any atom is -0.269 e. The van der Waals surface area contributed by atoms with Crippen LogP contribution in [0.3, 0.4) is 0 Å². The quantitative estimate of drug-likeness (QED) is 0.797. The number of nitrogens with zero attached hydrogens (tertiary/aromatic N) is 1. The van der Waals surface area contributed by atoms with E-state index in [1.54, 1.807) is 30.3 Å². The van der Waals surface area contributed by atoms with Gasteiger partial charge >= 0.3 is 0 Å². The van der Waals surface area contributed by atoms with E-state index in [-0.39, 0.29) is 10.8 Å². The standard InChI is InChI=1S/C14H13Cl2NO2S/c1-17(12-5-3-2-4-6-12)20(18,19)13-8-7-11(10-15)14(16)9-13/h2-9H,10H2,1H3. The molecule has 0 aromatic heterocycles. The second kappa shape index (κ2) is 6.04.